The molecule has 0 saturated carbocycles. The van der Waals surface area contributed by atoms with Gasteiger partial charge in [-0.3, -0.25) is 0 Å². The van der Waals surface area contributed by atoms with Crippen molar-refractivity contribution in [3.8, 4) is 22.6 Å². The summed E-state index contributed by atoms with van der Waals surface area (Å²) in [6, 6.07) is 16.2. The van der Waals surface area contributed by atoms with Crippen LogP contribution in [-0.2, 0) is 12.8 Å². The Kier molecular flexibility index (Phi) is 2.97. The van der Waals surface area contributed by atoms with Gasteiger partial charge < -0.3 is 0 Å². The number of hydrogen-bond donors (Lipinski definition) is 0. The molecule has 0 bridgehead atoms. The van der Waals surface area contributed by atoms with Crippen LogP contribution in [0.1, 0.15) is 11.1 Å². The molecule has 1 heterocycles. The van der Waals surface area contributed by atoms with Crippen LogP contribution in [0.2, 0.25) is 5.02 Å². The predicted molar refractivity (Wildman–Crippen MR) is 85.3 cm³/mol. The normalized spacial score (nSPS) is 12.6. The van der Waals surface area contributed by atoms with Crippen LogP contribution in [0.15, 0.2) is 54.7 Å². The lowest BCUT2D eigenvalue weighted by Gasteiger charge is -2.19. The molecule has 3 aromatic rings. The number of benzene rings is 2. The molecule has 4 rings (SSSR count). The lowest BCUT2D eigenvalue weighted by atomic mass is 9.90. The first-order chi connectivity index (χ1) is 10.3. The molecule has 1 aromatic heterocycles. The Hall–Kier alpha value is -2.19. The lowest BCUT2D eigenvalue weighted by molar-refractivity contribution is 0.912. The highest BCUT2D eigenvalue weighted by molar-refractivity contribution is 6.33. The molecular formula is C18H13ClN2. The number of nitrogens with zero attached hydrogens (tertiary/aromatic N) is 2. The quantitative estimate of drug-likeness (QED) is 0.657. The zero-order valence-electron chi connectivity index (χ0n) is 11.4. The molecule has 102 valence electrons. The van der Waals surface area contributed by atoms with Crippen LogP contribution in [-0.4, -0.2) is 9.97 Å². The molecule has 0 saturated heterocycles. The van der Waals surface area contributed by atoms with Gasteiger partial charge in [-0.1, -0.05) is 48.0 Å². The summed E-state index contributed by atoms with van der Waals surface area (Å²) in [6.07, 6.45) is 3.99. The number of aromatic nitrogens is 2. The van der Waals surface area contributed by atoms with Gasteiger partial charge in [0.05, 0.1) is 10.7 Å². The van der Waals surface area contributed by atoms with Crippen molar-refractivity contribution < 1.29 is 0 Å². The summed E-state index contributed by atoms with van der Waals surface area (Å²) in [7, 11) is 0. The minimum atomic E-state index is 0.682. The van der Waals surface area contributed by atoms with E-state index in [0.717, 1.165) is 24.1 Å². The molecular weight excluding hydrogens is 280 g/mol. The Labute approximate surface area is 128 Å². The number of aryl methyl sites for hydroxylation is 2. The van der Waals surface area contributed by atoms with Gasteiger partial charge in [0.15, 0.2) is 5.82 Å². The van der Waals surface area contributed by atoms with E-state index in [0.29, 0.717) is 10.8 Å². The van der Waals surface area contributed by atoms with Gasteiger partial charge in [-0.2, -0.15) is 0 Å². The van der Waals surface area contributed by atoms with Gasteiger partial charge in [0.1, 0.15) is 0 Å². The van der Waals surface area contributed by atoms with Gasteiger partial charge in [0, 0.05) is 17.3 Å². The van der Waals surface area contributed by atoms with Crippen LogP contribution < -0.4 is 0 Å². The highest BCUT2D eigenvalue weighted by Gasteiger charge is 2.18. The third kappa shape index (κ3) is 2.12. The zero-order chi connectivity index (χ0) is 14.2. The number of fused-ring (bicyclic) bond motifs is 3. The van der Waals surface area contributed by atoms with E-state index in [1.165, 1.54) is 16.7 Å². The highest BCUT2D eigenvalue weighted by atomic mass is 35.5. The summed E-state index contributed by atoms with van der Waals surface area (Å²) in [5, 5.41) is 0.682. The van der Waals surface area contributed by atoms with Crippen LogP contribution in [0.3, 0.4) is 0 Å². The smallest absolute Gasteiger partial charge is 0.161 e. The summed E-state index contributed by atoms with van der Waals surface area (Å²) in [6.45, 7) is 0. The number of rotatable bonds is 1. The van der Waals surface area contributed by atoms with Crippen LogP contribution >= 0.6 is 11.6 Å². The van der Waals surface area contributed by atoms with Crippen LogP contribution in [0.25, 0.3) is 22.6 Å². The molecule has 21 heavy (non-hydrogen) atoms. The van der Waals surface area contributed by atoms with E-state index in [1.54, 1.807) is 0 Å². The minimum absolute atomic E-state index is 0.682. The van der Waals surface area contributed by atoms with Crippen molar-refractivity contribution in [1.82, 2.24) is 9.97 Å². The predicted octanol–water partition coefficient (Wildman–Crippen LogP) is 4.56. The van der Waals surface area contributed by atoms with E-state index in [4.69, 9.17) is 16.6 Å². The average Bonchev–Trinajstić information content (AvgIpc) is 2.55. The SMILES string of the molecule is Clc1ccccc1-c1ncc2c(n1)-c1ccccc1CC2. The summed E-state index contributed by atoms with van der Waals surface area (Å²) in [5.74, 6) is 0.691. The Bertz CT molecular complexity index is 827. The van der Waals surface area contributed by atoms with E-state index >= 15 is 0 Å². The molecule has 0 unspecified atom stereocenters. The van der Waals surface area contributed by atoms with Gasteiger partial charge in [-0.15, -0.1) is 0 Å². The maximum atomic E-state index is 6.26. The van der Waals surface area contributed by atoms with Crippen molar-refractivity contribution in [2.75, 3.05) is 0 Å². The Morgan fingerprint density at radius 3 is 2.38 bits per heavy atom. The summed E-state index contributed by atoms with van der Waals surface area (Å²) >= 11 is 6.26. The lowest BCUT2D eigenvalue weighted by Crippen LogP contribution is -2.07. The first kappa shape index (κ1) is 12.5. The molecule has 0 spiro atoms. The van der Waals surface area contributed by atoms with Gasteiger partial charge in [-0.05, 0) is 36.1 Å². The fraction of sp³-hybridized carbons (Fsp3) is 0.111. The Morgan fingerprint density at radius 1 is 0.810 bits per heavy atom. The molecule has 2 aromatic carbocycles. The summed E-state index contributed by atoms with van der Waals surface area (Å²) < 4.78 is 0. The number of halogens is 1. The van der Waals surface area contributed by atoms with Crippen LogP contribution in [0.4, 0.5) is 0 Å². The van der Waals surface area contributed by atoms with E-state index < -0.39 is 0 Å². The molecule has 3 heteroatoms. The maximum Gasteiger partial charge on any atom is 0.161 e. The van der Waals surface area contributed by atoms with Gasteiger partial charge in [-0.25, -0.2) is 9.97 Å². The third-order valence-electron chi connectivity index (χ3n) is 3.92. The van der Waals surface area contributed by atoms with Crippen molar-refractivity contribution in [3.05, 3.63) is 70.9 Å². The summed E-state index contributed by atoms with van der Waals surface area (Å²) in [5.41, 5.74) is 5.71. The van der Waals surface area contributed by atoms with E-state index in [-0.39, 0.29) is 0 Å². The van der Waals surface area contributed by atoms with Crippen molar-refractivity contribution in [2.24, 2.45) is 0 Å². The molecule has 2 nitrogen and oxygen atoms in total. The number of hydrogen-bond acceptors (Lipinski definition) is 2. The fourth-order valence-corrected chi connectivity index (χ4v) is 3.05. The molecule has 0 N–H and O–H groups in total. The standard InChI is InChI=1S/C18H13ClN2/c19-16-8-4-3-7-15(16)18-20-11-13-10-9-12-5-1-2-6-14(12)17(13)21-18/h1-8,11H,9-10H2. The monoisotopic (exact) mass is 292 g/mol. The molecule has 1 aliphatic rings. The second-order valence-corrected chi connectivity index (χ2v) is 5.61. The fourth-order valence-electron chi connectivity index (χ4n) is 2.83. The van der Waals surface area contributed by atoms with Gasteiger partial charge >= 0.3 is 0 Å². The maximum absolute atomic E-state index is 6.26. The molecule has 0 amide bonds. The first-order valence-electron chi connectivity index (χ1n) is 7.02. The third-order valence-corrected chi connectivity index (χ3v) is 4.25. The first-order valence-corrected chi connectivity index (χ1v) is 7.40. The second kappa shape index (κ2) is 4.97. The van der Waals surface area contributed by atoms with E-state index in [9.17, 15) is 0 Å². The summed E-state index contributed by atoms with van der Waals surface area (Å²) in [4.78, 5) is 9.29. The van der Waals surface area contributed by atoms with Crippen molar-refractivity contribution in [3.63, 3.8) is 0 Å². The van der Waals surface area contributed by atoms with E-state index in [2.05, 4.69) is 29.2 Å². The van der Waals surface area contributed by atoms with Crippen LogP contribution in [0, 0.1) is 0 Å². The zero-order valence-corrected chi connectivity index (χ0v) is 12.1. The van der Waals surface area contributed by atoms with E-state index in [1.807, 2.05) is 30.5 Å². The van der Waals surface area contributed by atoms with Crippen LogP contribution in [0.5, 0.6) is 0 Å². The minimum Gasteiger partial charge on any atom is -0.236 e. The molecule has 0 atom stereocenters. The molecule has 0 radical (unpaired) electrons. The van der Waals surface area contributed by atoms with Crippen molar-refractivity contribution in [1.29, 1.82) is 0 Å². The molecule has 0 aliphatic heterocycles. The van der Waals surface area contributed by atoms with Gasteiger partial charge in [0.25, 0.3) is 0 Å². The van der Waals surface area contributed by atoms with Crippen molar-refractivity contribution >= 4 is 11.6 Å². The Morgan fingerprint density at radius 2 is 1.52 bits per heavy atom. The molecule has 0 fully saturated rings. The second-order valence-electron chi connectivity index (χ2n) is 5.20. The molecule has 1 aliphatic carbocycles. The highest BCUT2D eigenvalue weighted by Crippen LogP contribution is 2.33. The largest absolute Gasteiger partial charge is 0.236 e. The Balaban J connectivity index is 1.91. The van der Waals surface area contributed by atoms with Gasteiger partial charge in [0.2, 0.25) is 0 Å². The van der Waals surface area contributed by atoms with Crippen molar-refractivity contribution in [2.45, 2.75) is 12.8 Å². The topological polar surface area (TPSA) is 25.8 Å². The average molecular weight is 293 g/mol.